The predicted octanol–water partition coefficient (Wildman–Crippen LogP) is 4.54. The number of carbonyl (C=O) groups is 2. The summed E-state index contributed by atoms with van der Waals surface area (Å²) < 4.78 is 5.82. The normalized spacial score (nSPS) is 10.7. The van der Waals surface area contributed by atoms with E-state index < -0.39 is 0 Å². The molecular formula is C25H24N4O3S. The van der Waals surface area contributed by atoms with E-state index in [0.29, 0.717) is 48.8 Å². The molecule has 8 heteroatoms. The number of rotatable bonds is 9. The monoisotopic (exact) mass is 460 g/mol. The van der Waals surface area contributed by atoms with Crippen molar-refractivity contribution >= 4 is 28.8 Å². The molecule has 4 rings (SSSR count). The molecule has 0 saturated heterocycles. The number of oxazole rings is 1. The number of nitrogens with zero attached hydrogens (tertiary/aromatic N) is 2. The number of amides is 2. The number of benzene rings is 1. The smallest absolute Gasteiger partial charge is 0.226 e. The molecule has 0 saturated carbocycles. The van der Waals surface area contributed by atoms with Gasteiger partial charge in [0.05, 0.1) is 13.0 Å². The summed E-state index contributed by atoms with van der Waals surface area (Å²) in [4.78, 5) is 34.1. The number of nitrogens with one attached hydrogen (secondary N) is 2. The van der Waals surface area contributed by atoms with Crippen LogP contribution in [0.15, 0.2) is 70.7 Å². The van der Waals surface area contributed by atoms with Crippen LogP contribution in [0.5, 0.6) is 0 Å². The van der Waals surface area contributed by atoms with Crippen LogP contribution >= 0.6 is 11.3 Å². The maximum absolute atomic E-state index is 12.3. The minimum absolute atomic E-state index is 0.0580. The molecule has 0 unspecified atom stereocenters. The van der Waals surface area contributed by atoms with Crippen LogP contribution in [0.4, 0.5) is 5.69 Å². The zero-order chi connectivity index (χ0) is 23.0. The molecule has 0 bridgehead atoms. The highest BCUT2D eigenvalue weighted by molar-refractivity contribution is 7.10. The first-order valence-electron chi connectivity index (χ1n) is 10.6. The molecule has 0 aliphatic heterocycles. The van der Waals surface area contributed by atoms with Gasteiger partial charge in [0, 0.05) is 34.9 Å². The SMILES string of the molecule is Cc1oc(-c2cccc(NC(=O)CCc3cccnc3)c2)nc1CNC(=O)Cc1cccs1. The van der Waals surface area contributed by atoms with E-state index in [1.54, 1.807) is 23.7 Å². The van der Waals surface area contributed by atoms with Crippen LogP contribution in [0, 0.1) is 6.92 Å². The number of thiophene rings is 1. The molecule has 3 aromatic heterocycles. The fourth-order valence-corrected chi connectivity index (χ4v) is 3.99. The molecule has 3 heterocycles. The van der Waals surface area contributed by atoms with Crippen LogP contribution in [-0.4, -0.2) is 21.8 Å². The minimum atomic E-state index is -0.0753. The van der Waals surface area contributed by atoms with Crippen LogP contribution in [-0.2, 0) is 29.0 Å². The van der Waals surface area contributed by atoms with Gasteiger partial charge in [-0.15, -0.1) is 11.3 Å². The maximum atomic E-state index is 12.3. The molecule has 33 heavy (non-hydrogen) atoms. The fourth-order valence-electron chi connectivity index (χ4n) is 3.29. The molecule has 0 aliphatic carbocycles. The van der Waals surface area contributed by atoms with Crippen LogP contribution in [0.3, 0.4) is 0 Å². The summed E-state index contributed by atoms with van der Waals surface area (Å²) in [5, 5.41) is 7.76. The zero-order valence-corrected chi connectivity index (χ0v) is 19.0. The Labute approximate surface area is 195 Å². The average molecular weight is 461 g/mol. The predicted molar refractivity (Wildman–Crippen MR) is 128 cm³/mol. The molecule has 0 spiro atoms. The lowest BCUT2D eigenvalue weighted by Gasteiger charge is -2.06. The highest BCUT2D eigenvalue weighted by atomic mass is 32.1. The van der Waals surface area contributed by atoms with Crippen LogP contribution in [0.25, 0.3) is 11.5 Å². The molecule has 4 aromatic rings. The van der Waals surface area contributed by atoms with E-state index in [1.165, 1.54) is 0 Å². The third-order valence-corrected chi connectivity index (χ3v) is 5.89. The Hall–Kier alpha value is -3.78. The number of aryl methyl sites for hydroxylation is 2. The molecule has 0 atom stereocenters. The fraction of sp³-hybridized carbons (Fsp3) is 0.200. The van der Waals surface area contributed by atoms with Crippen LogP contribution < -0.4 is 10.6 Å². The van der Waals surface area contributed by atoms with E-state index in [-0.39, 0.29) is 11.8 Å². The molecule has 7 nitrogen and oxygen atoms in total. The Balaban J connectivity index is 1.34. The van der Waals surface area contributed by atoms with Crippen LogP contribution in [0.1, 0.15) is 28.3 Å². The second-order valence-corrected chi connectivity index (χ2v) is 8.58. The van der Waals surface area contributed by atoms with Crippen molar-refractivity contribution in [2.45, 2.75) is 32.7 Å². The molecule has 0 radical (unpaired) electrons. The van der Waals surface area contributed by atoms with Gasteiger partial charge in [0.1, 0.15) is 11.5 Å². The number of hydrogen-bond donors (Lipinski definition) is 2. The van der Waals surface area contributed by atoms with Gasteiger partial charge in [0.2, 0.25) is 17.7 Å². The summed E-state index contributed by atoms with van der Waals surface area (Å²) in [6, 6.07) is 15.0. The first kappa shape index (κ1) is 22.4. The topological polar surface area (TPSA) is 97.1 Å². The van der Waals surface area contributed by atoms with Crippen molar-refractivity contribution in [1.29, 1.82) is 0 Å². The van der Waals surface area contributed by atoms with Gasteiger partial charge in [-0.05, 0) is 54.6 Å². The van der Waals surface area contributed by atoms with Gasteiger partial charge in [-0.25, -0.2) is 4.98 Å². The second kappa shape index (κ2) is 10.7. The third kappa shape index (κ3) is 6.36. The van der Waals surface area contributed by atoms with Gasteiger partial charge in [0.25, 0.3) is 0 Å². The lowest BCUT2D eigenvalue weighted by atomic mass is 10.1. The Kier molecular flexibility index (Phi) is 7.26. The number of aromatic nitrogens is 2. The lowest BCUT2D eigenvalue weighted by Crippen LogP contribution is -2.24. The Morgan fingerprint density at radius 1 is 1.09 bits per heavy atom. The van der Waals surface area contributed by atoms with Gasteiger partial charge in [-0.1, -0.05) is 18.2 Å². The van der Waals surface area contributed by atoms with Crippen molar-refractivity contribution in [2.75, 3.05) is 5.32 Å². The van der Waals surface area contributed by atoms with Crippen molar-refractivity contribution in [3.05, 3.63) is 88.2 Å². The van der Waals surface area contributed by atoms with Crippen molar-refractivity contribution < 1.29 is 14.0 Å². The summed E-state index contributed by atoms with van der Waals surface area (Å²) in [6.07, 6.45) is 4.82. The summed E-state index contributed by atoms with van der Waals surface area (Å²) >= 11 is 1.56. The first-order chi connectivity index (χ1) is 16.1. The van der Waals surface area contributed by atoms with Gasteiger partial charge in [0.15, 0.2) is 0 Å². The molecule has 2 N–H and O–H groups in total. The summed E-state index contributed by atoms with van der Waals surface area (Å²) in [5.41, 5.74) is 3.12. The van der Waals surface area contributed by atoms with Crippen molar-refractivity contribution in [3.8, 4) is 11.5 Å². The highest BCUT2D eigenvalue weighted by Gasteiger charge is 2.14. The second-order valence-electron chi connectivity index (χ2n) is 7.55. The Bertz CT molecular complexity index is 1220. The average Bonchev–Trinajstić information content (AvgIpc) is 3.47. The molecule has 168 valence electrons. The standard InChI is InChI=1S/C25H24N4O3S/c1-17-22(16-27-24(31)14-21-8-4-12-33-21)29-25(32-17)19-6-2-7-20(13-19)28-23(30)10-9-18-5-3-11-26-15-18/h2-8,11-13,15H,9-10,14,16H2,1H3,(H,27,31)(H,28,30). The number of carbonyl (C=O) groups excluding carboxylic acids is 2. The molecular weight excluding hydrogens is 436 g/mol. The maximum Gasteiger partial charge on any atom is 0.226 e. The van der Waals surface area contributed by atoms with E-state index in [0.717, 1.165) is 16.0 Å². The van der Waals surface area contributed by atoms with Crippen molar-refractivity contribution in [3.63, 3.8) is 0 Å². The van der Waals surface area contributed by atoms with Gasteiger partial charge in [-0.3, -0.25) is 14.6 Å². The van der Waals surface area contributed by atoms with E-state index in [4.69, 9.17) is 4.42 Å². The Morgan fingerprint density at radius 3 is 2.79 bits per heavy atom. The van der Waals surface area contributed by atoms with Gasteiger partial charge < -0.3 is 15.1 Å². The molecule has 2 amide bonds. The van der Waals surface area contributed by atoms with Gasteiger partial charge >= 0.3 is 0 Å². The van der Waals surface area contributed by atoms with Crippen molar-refractivity contribution in [1.82, 2.24) is 15.3 Å². The molecule has 0 aliphatic rings. The van der Waals surface area contributed by atoms with E-state index in [2.05, 4.69) is 20.6 Å². The minimum Gasteiger partial charge on any atom is -0.441 e. The Morgan fingerprint density at radius 2 is 2.00 bits per heavy atom. The van der Waals surface area contributed by atoms with E-state index in [1.807, 2.05) is 60.8 Å². The largest absolute Gasteiger partial charge is 0.441 e. The summed E-state index contributed by atoms with van der Waals surface area (Å²) in [7, 11) is 0. The highest BCUT2D eigenvalue weighted by Crippen LogP contribution is 2.24. The zero-order valence-electron chi connectivity index (χ0n) is 18.2. The number of pyridine rings is 1. The number of anilines is 1. The van der Waals surface area contributed by atoms with Crippen molar-refractivity contribution in [2.24, 2.45) is 0 Å². The summed E-state index contributed by atoms with van der Waals surface area (Å²) in [5.74, 6) is 0.958. The first-order valence-corrected chi connectivity index (χ1v) is 11.5. The number of hydrogen-bond acceptors (Lipinski definition) is 6. The summed E-state index contributed by atoms with van der Waals surface area (Å²) in [6.45, 7) is 2.12. The lowest BCUT2D eigenvalue weighted by molar-refractivity contribution is -0.120. The van der Waals surface area contributed by atoms with E-state index in [9.17, 15) is 9.59 Å². The van der Waals surface area contributed by atoms with E-state index >= 15 is 0 Å². The molecule has 1 aromatic carbocycles. The quantitative estimate of drug-likeness (QED) is 0.382. The third-order valence-electron chi connectivity index (χ3n) is 5.02. The molecule has 0 fully saturated rings. The van der Waals surface area contributed by atoms with Gasteiger partial charge in [-0.2, -0.15) is 0 Å². The van der Waals surface area contributed by atoms with Crippen LogP contribution in [0.2, 0.25) is 0 Å².